The van der Waals surface area contributed by atoms with Crippen molar-refractivity contribution in [3.8, 4) is 0 Å². The van der Waals surface area contributed by atoms with Crippen LogP contribution in [-0.2, 0) is 4.79 Å². The van der Waals surface area contributed by atoms with Crippen molar-refractivity contribution >= 4 is 5.78 Å². The second-order valence-corrected chi connectivity index (χ2v) is 8.63. The first-order valence-electron chi connectivity index (χ1n) is 9.87. The van der Waals surface area contributed by atoms with E-state index in [4.69, 9.17) is 0 Å². The number of rotatable bonds is 10. The van der Waals surface area contributed by atoms with Gasteiger partial charge in [0.2, 0.25) is 0 Å². The maximum Gasteiger partial charge on any atom is 0.147 e. The summed E-state index contributed by atoms with van der Waals surface area (Å²) in [5, 5.41) is 43.0. The zero-order chi connectivity index (χ0) is 19.4. The number of aliphatic hydroxyl groups excluding tert-OH is 3. The third-order valence-electron chi connectivity index (χ3n) is 5.63. The molecule has 5 nitrogen and oxygen atoms in total. The highest BCUT2D eigenvalue weighted by Crippen LogP contribution is 2.45. The molecule has 25 heavy (non-hydrogen) atoms. The van der Waals surface area contributed by atoms with Crippen LogP contribution >= 0.6 is 0 Å². The predicted octanol–water partition coefficient (Wildman–Crippen LogP) is 2.29. The van der Waals surface area contributed by atoms with Crippen LogP contribution in [0, 0.1) is 23.7 Å². The van der Waals surface area contributed by atoms with Gasteiger partial charge in [0, 0.05) is 0 Å². The lowest BCUT2D eigenvalue weighted by Gasteiger charge is -2.37. The average Bonchev–Trinajstić information content (AvgIpc) is 2.70. The van der Waals surface area contributed by atoms with E-state index in [9.17, 15) is 25.2 Å². The monoisotopic (exact) mass is 358 g/mol. The smallest absolute Gasteiger partial charge is 0.147 e. The molecule has 1 aliphatic rings. The van der Waals surface area contributed by atoms with E-state index in [2.05, 4.69) is 0 Å². The molecule has 0 heterocycles. The van der Waals surface area contributed by atoms with Gasteiger partial charge in [0.1, 0.15) is 11.4 Å². The lowest BCUT2D eigenvalue weighted by atomic mass is 9.78. The highest BCUT2D eigenvalue weighted by atomic mass is 16.4. The quantitative estimate of drug-likeness (QED) is 0.480. The van der Waals surface area contributed by atoms with Crippen molar-refractivity contribution in [1.29, 1.82) is 0 Å². The minimum atomic E-state index is -1.87. The van der Waals surface area contributed by atoms with Crippen molar-refractivity contribution in [3.63, 3.8) is 0 Å². The largest absolute Gasteiger partial charge is 0.392 e. The zero-order valence-corrected chi connectivity index (χ0v) is 16.5. The van der Waals surface area contributed by atoms with Gasteiger partial charge >= 0.3 is 0 Å². The Morgan fingerprint density at radius 1 is 1.00 bits per heavy atom. The summed E-state index contributed by atoms with van der Waals surface area (Å²) in [6, 6.07) is 0. The van der Waals surface area contributed by atoms with Crippen LogP contribution in [0.5, 0.6) is 0 Å². The van der Waals surface area contributed by atoms with Crippen LogP contribution in [0.3, 0.4) is 0 Å². The summed E-state index contributed by atoms with van der Waals surface area (Å²) >= 11 is 0. The second-order valence-electron chi connectivity index (χ2n) is 8.63. The van der Waals surface area contributed by atoms with Gasteiger partial charge in [0.25, 0.3) is 0 Å². The number of aliphatic hydroxyl groups is 4. The molecule has 0 aromatic carbocycles. The van der Waals surface area contributed by atoms with Crippen LogP contribution in [0.2, 0.25) is 0 Å². The zero-order valence-electron chi connectivity index (χ0n) is 16.5. The SMILES string of the molecule is CCCC(O)C1C(=O)C(CCC(C)C)C(O)(C(O)CCC(C)C)C1O. The van der Waals surface area contributed by atoms with E-state index in [1.807, 2.05) is 34.6 Å². The normalized spacial score (nSPS) is 32.6. The standard InChI is InChI=1S/C20H38O5/c1-6-7-15(21)17-18(23)14(10-8-12(2)3)20(25,19(17)24)16(22)11-9-13(4)5/h12-17,19,21-22,24-25H,6-11H2,1-5H3. The van der Waals surface area contributed by atoms with Crippen molar-refractivity contribution < 1.29 is 25.2 Å². The molecule has 0 saturated heterocycles. The molecule has 6 atom stereocenters. The fraction of sp³-hybridized carbons (Fsp3) is 0.950. The highest BCUT2D eigenvalue weighted by Gasteiger charge is 2.63. The summed E-state index contributed by atoms with van der Waals surface area (Å²) in [5.74, 6) is -1.45. The molecule has 0 aromatic rings. The van der Waals surface area contributed by atoms with Gasteiger partial charge in [-0.1, -0.05) is 47.5 Å². The maximum atomic E-state index is 12.9. The first-order valence-corrected chi connectivity index (χ1v) is 9.87. The van der Waals surface area contributed by atoms with Crippen LogP contribution in [0.25, 0.3) is 0 Å². The number of carbonyl (C=O) groups excluding carboxylic acids is 1. The van der Waals surface area contributed by atoms with E-state index in [1.54, 1.807) is 0 Å². The summed E-state index contributed by atoms with van der Waals surface area (Å²) in [6.07, 6.45) is -0.356. The molecule has 1 rings (SSSR count). The van der Waals surface area contributed by atoms with E-state index in [0.29, 0.717) is 43.9 Å². The van der Waals surface area contributed by atoms with Gasteiger partial charge < -0.3 is 20.4 Å². The van der Waals surface area contributed by atoms with Crippen molar-refractivity contribution in [1.82, 2.24) is 0 Å². The molecule has 1 fully saturated rings. The summed E-state index contributed by atoms with van der Waals surface area (Å²) < 4.78 is 0. The molecule has 148 valence electrons. The van der Waals surface area contributed by atoms with Crippen LogP contribution < -0.4 is 0 Å². The third kappa shape index (κ3) is 5.03. The van der Waals surface area contributed by atoms with Gasteiger partial charge in [0.15, 0.2) is 0 Å². The number of carbonyl (C=O) groups is 1. The van der Waals surface area contributed by atoms with E-state index >= 15 is 0 Å². The number of hydrogen-bond donors (Lipinski definition) is 4. The van der Waals surface area contributed by atoms with Gasteiger partial charge in [-0.2, -0.15) is 0 Å². The number of Topliss-reactive ketones (excluding diaryl/α,β-unsaturated/α-hetero) is 1. The molecule has 6 unspecified atom stereocenters. The Bertz CT molecular complexity index is 422. The molecule has 1 saturated carbocycles. The van der Waals surface area contributed by atoms with Crippen molar-refractivity contribution in [2.75, 3.05) is 0 Å². The molecule has 4 N–H and O–H groups in total. The van der Waals surface area contributed by atoms with Gasteiger partial charge in [0.05, 0.1) is 30.1 Å². The molecule has 1 aliphatic carbocycles. The first kappa shape index (κ1) is 22.6. The van der Waals surface area contributed by atoms with E-state index in [-0.39, 0.29) is 5.78 Å². The van der Waals surface area contributed by atoms with Crippen LogP contribution in [-0.4, -0.2) is 50.1 Å². The summed E-state index contributed by atoms with van der Waals surface area (Å²) in [7, 11) is 0. The first-order chi connectivity index (χ1) is 11.6. The van der Waals surface area contributed by atoms with Gasteiger partial charge in [-0.25, -0.2) is 0 Å². The molecule has 0 bridgehead atoms. The Morgan fingerprint density at radius 3 is 2.04 bits per heavy atom. The van der Waals surface area contributed by atoms with Crippen molar-refractivity contribution in [2.45, 2.75) is 97.1 Å². The summed E-state index contributed by atoms with van der Waals surface area (Å²) in [6.45, 7) is 10.0. The van der Waals surface area contributed by atoms with Crippen LogP contribution in [0.15, 0.2) is 0 Å². The molecule has 0 amide bonds. The fourth-order valence-corrected chi connectivity index (χ4v) is 4.01. The molecule has 5 heteroatoms. The lowest BCUT2D eigenvalue weighted by molar-refractivity contribution is -0.169. The molecule has 0 aliphatic heterocycles. The summed E-state index contributed by atoms with van der Waals surface area (Å²) in [5.41, 5.74) is -1.87. The highest BCUT2D eigenvalue weighted by molar-refractivity contribution is 5.89. The third-order valence-corrected chi connectivity index (χ3v) is 5.63. The Labute approximate surface area is 152 Å². The maximum absolute atomic E-state index is 12.9. The van der Waals surface area contributed by atoms with E-state index in [0.717, 1.165) is 6.42 Å². The Balaban J connectivity index is 3.10. The number of ketones is 1. The molecule has 0 radical (unpaired) electrons. The number of hydrogen-bond acceptors (Lipinski definition) is 5. The molecule has 0 aromatic heterocycles. The molecular formula is C20H38O5. The second kappa shape index (κ2) is 9.45. The summed E-state index contributed by atoms with van der Waals surface area (Å²) in [4.78, 5) is 12.9. The topological polar surface area (TPSA) is 98.0 Å². The van der Waals surface area contributed by atoms with Gasteiger partial charge in [-0.3, -0.25) is 4.79 Å². The van der Waals surface area contributed by atoms with E-state index in [1.165, 1.54) is 0 Å². The Hall–Kier alpha value is -0.490. The fourth-order valence-electron chi connectivity index (χ4n) is 4.01. The minimum absolute atomic E-state index is 0.305. The van der Waals surface area contributed by atoms with Gasteiger partial charge in [-0.05, 0) is 37.5 Å². The molecular weight excluding hydrogens is 320 g/mol. The van der Waals surface area contributed by atoms with Crippen molar-refractivity contribution in [2.24, 2.45) is 23.7 Å². The van der Waals surface area contributed by atoms with Crippen molar-refractivity contribution in [3.05, 3.63) is 0 Å². The Kier molecular flexibility index (Phi) is 8.52. The van der Waals surface area contributed by atoms with Crippen LogP contribution in [0.1, 0.15) is 73.1 Å². The van der Waals surface area contributed by atoms with Gasteiger partial charge in [-0.15, -0.1) is 0 Å². The van der Waals surface area contributed by atoms with Crippen LogP contribution in [0.4, 0.5) is 0 Å². The van der Waals surface area contributed by atoms with E-state index < -0.39 is 35.7 Å². The minimum Gasteiger partial charge on any atom is -0.392 e. The predicted molar refractivity (Wildman–Crippen MR) is 98.0 cm³/mol. The Morgan fingerprint density at radius 2 is 1.56 bits per heavy atom. The average molecular weight is 359 g/mol. The lowest BCUT2D eigenvalue weighted by Crippen LogP contribution is -2.55. The molecule has 0 spiro atoms.